The number of aromatic nitrogens is 1. The van der Waals surface area contributed by atoms with Gasteiger partial charge in [0.15, 0.2) is 0 Å². The fourth-order valence-corrected chi connectivity index (χ4v) is 3.57. The third kappa shape index (κ3) is 5.03. The number of amides is 1. The molecule has 0 bridgehead atoms. The van der Waals surface area contributed by atoms with Gasteiger partial charge in [-0.25, -0.2) is 10.2 Å². The van der Waals surface area contributed by atoms with E-state index in [4.69, 9.17) is 4.74 Å². The maximum atomic E-state index is 12.3. The number of phenols is 1. The van der Waals surface area contributed by atoms with Crippen LogP contribution in [-0.4, -0.2) is 34.4 Å². The van der Waals surface area contributed by atoms with Crippen molar-refractivity contribution >= 4 is 34.0 Å². The largest absolute Gasteiger partial charge is 0.507 e. The van der Waals surface area contributed by atoms with Crippen LogP contribution in [0.2, 0.25) is 0 Å². The van der Waals surface area contributed by atoms with E-state index in [1.54, 1.807) is 37.4 Å². The van der Waals surface area contributed by atoms with E-state index >= 15 is 0 Å². The molecule has 1 heterocycles. The quantitative estimate of drug-likeness (QED) is 0.306. The Morgan fingerprint density at radius 1 is 1.19 bits per heavy atom. The number of hydrogen-bond acceptors (Lipinski definition) is 5. The molecule has 3 rings (SSSR count). The molecule has 0 aliphatic carbocycles. The molecule has 1 aromatic heterocycles. The summed E-state index contributed by atoms with van der Waals surface area (Å²) in [6.45, 7) is 5.95. The first kappa shape index (κ1) is 22.3. The van der Waals surface area contributed by atoms with E-state index in [0.29, 0.717) is 16.6 Å². The molecule has 0 atom stereocenters. The van der Waals surface area contributed by atoms with Gasteiger partial charge in [0.2, 0.25) is 0 Å². The highest BCUT2D eigenvalue weighted by Crippen LogP contribution is 2.22. The highest BCUT2D eigenvalue weighted by atomic mass is 79.9. The molecule has 160 valence electrons. The summed E-state index contributed by atoms with van der Waals surface area (Å²) in [5, 5.41) is 13.9. The summed E-state index contributed by atoms with van der Waals surface area (Å²) in [5.41, 5.74) is 6.48. The monoisotopic (exact) mass is 483 g/mol. The fraction of sp³-hybridized carbons (Fsp3) is 0.174. The van der Waals surface area contributed by atoms with Gasteiger partial charge < -0.3 is 14.4 Å². The van der Waals surface area contributed by atoms with Gasteiger partial charge in [-0.15, -0.1) is 0 Å². The van der Waals surface area contributed by atoms with Gasteiger partial charge in [-0.3, -0.25) is 4.79 Å². The van der Waals surface area contributed by atoms with Crippen LogP contribution in [0, 0.1) is 13.8 Å². The van der Waals surface area contributed by atoms with Crippen molar-refractivity contribution in [1.82, 2.24) is 9.99 Å². The lowest BCUT2D eigenvalue weighted by molar-refractivity contribution is 0.0526. The zero-order valence-corrected chi connectivity index (χ0v) is 18.9. The van der Waals surface area contributed by atoms with Crippen LogP contribution < -0.4 is 5.43 Å². The van der Waals surface area contributed by atoms with Crippen LogP contribution in [0.4, 0.5) is 0 Å². The number of aromatic hydroxyl groups is 1. The number of hydrazone groups is 1. The van der Waals surface area contributed by atoms with Crippen molar-refractivity contribution in [1.29, 1.82) is 0 Å². The number of phenolic OH excluding ortho intramolecular Hbond substituents is 1. The number of carbonyl (C=O) groups is 2. The van der Waals surface area contributed by atoms with Crippen LogP contribution in [0.1, 0.15) is 44.6 Å². The second-order valence-corrected chi connectivity index (χ2v) is 7.71. The number of benzene rings is 2. The first-order valence-electron chi connectivity index (χ1n) is 9.60. The van der Waals surface area contributed by atoms with Crippen molar-refractivity contribution in [3.8, 4) is 11.4 Å². The Balaban J connectivity index is 1.82. The maximum absolute atomic E-state index is 12.3. The standard InChI is InChI=1S/C23H22BrN3O4/c1-4-31-23(30)16-6-5-7-19(11-16)27-14(2)10-17(15(27)3)13-25-26-22(29)20-12-18(24)8-9-21(20)28/h5-13,28H,4H2,1-3H3,(H,26,29)/b25-13-. The molecule has 7 nitrogen and oxygen atoms in total. The van der Waals surface area contributed by atoms with Gasteiger partial charge in [-0.1, -0.05) is 22.0 Å². The first-order valence-corrected chi connectivity index (χ1v) is 10.4. The van der Waals surface area contributed by atoms with Gasteiger partial charge in [0.1, 0.15) is 5.75 Å². The van der Waals surface area contributed by atoms with Gasteiger partial charge in [-0.05, 0) is 63.2 Å². The minimum Gasteiger partial charge on any atom is -0.507 e. The smallest absolute Gasteiger partial charge is 0.338 e. The lowest BCUT2D eigenvalue weighted by Gasteiger charge is -2.11. The molecule has 0 radical (unpaired) electrons. The Kier molecular flexibility index (Phi) is 6.91. The fourth-order valence-electron chi connectivity index (χ4n) is 3.21. The van der Waals surface area contributed by atoms with Crippen LogP contribution in [0.5, 0.6) is 5.75 Å². The molecule has 0 saturated heterocycles. The van der Waals surface area contributed by atoms with E-state index in [2.05, 4.69) is 26.5 Å². The lowest BCUT2D eigenvalue weighted by Crippen LogP contribution is -2.17. The summed E-state index contributed by atoms with van der Waals surface area (Å²) in [4.78, 5) is 24.3. The molecule has 0 fully saturated rings. The van der Waals surface area contributed by atoms with Crippen molar-refractivity contribution in [3.05, 3.63) is 81.1 Å². The van der Waals surface area contributed by atoms with E-state index in [-0.39, 0.29) is 17.3 Å². The van der Waals surface area contributed by atoms with Crippen LogP contribution >= 0.6 is 15.9 Å². The number of nitrogens with zero attached hydrogens (tertiary/aromatic N) is 2. The van der Waals surface area contributed by atoms with Crippen molar-refractivity contribution < 1.29 is 19.4 Å². The van der Waals surface area contributed by atoms with Crippen LogP contribution in [0.3, 0.4) is 0 Å². The highest BCUT2D eigenvalue weighted by molar-refractivity contribution is 9.10. The number of esters is 1. The van der Waals surface area contributed by atoms with Gasteiger partial charge >= 0.3 is 5.97 Å². The summed E-state index contributed by atoms with van der Waals surface area (Å²) < 4.78 is 7.75. The Hall–Kier alpha value is -3.39. The third-order valence-electron chi connectivity index (χ3n) is 4.66. The summed E-state index contributed by atoms with van der Waals surface area (Å²) in [5.74, 6) is -1.02. The normalized spacial score (nSPS) is 11.0. The molecule has 0 aliphatic rings. The van der Waals surface area contributed by atoms with Gasteiger partial charge in [-0.2, -0.15) is 5.10 Å². The molecular weight excluding hydrogens is 462 g/mol. The zero-order chi connectivity index (χ0) is 22.5. The number of halogens is 1. The Bertz CT molecular complexity index is 1170. The number of rotatable bonds is 6. The Labute approximate surface area is 188 Å². The molecule has 31 heavy (non-hydrogen) atoms. The second-order valence-electron chi connectivity index (χ2n) is 6.79. The molecule has 1 amide bonds. The summed E-state index contributed by atoms with van der Waals surface area (Å²) in [7, 11) is 0. The average Bonchev–Trinajstić information content (AvgIpc) is 3.03. The molecular formula is C23H22BrN3O4. The SMILES string of the molecule is CCOC(=O)c1cccc(-n2c(C)cc(/C=N\NC(=O)c3cc(Br)ccc3O)c2C)c1. The number of hydrogen-bond donors (Lipinski definition) is 2. The van der Waals surface area contributed by atoms with Crippen LogP contribution in [-0.2, 0) is 4.74 Å². The summed E-state index contributed by atoms with van der Waals surface area (Å²) >= 11 is 3.27. The predicted molar refractivity (Wildman–Crippen MR) is 122 cm³/mol. The van der Waals surface area contributed by atoms with E-state index in [1.807, 2.05) is 30.5 Å². The van der Waals surface area contributed by atoms with Crippen molar-refractivity contribution in [2.75, 3.05) is 6.61 Å². The molecule has 0 spiro atoms. The molecule has 3 aromatic rings. The van der Waals surface area contributed by atoms with Crippen molar-refractivity contribution in [3.63, 3.8) is 0 Å². The Morgan fingerprint density at radius 3 is 2.71 bits per heavy atom. The van der Waals surface area contributed by atoms with Gasteiger partial charge in [0, 0.05) is 27.1 Å². The Morgan fingerprint density at radius 2 is 1.97 bits per heavy atom. The third-order valence-corrected chi connectivity index (χ3v) is 5.15. The minimum atomic E-state index is -0.522. The lowest BCUT2D eigenvalue weighted by atomic mass is 10.2. The molecule has 2 aromatic carbocycles. The van der Waals surface area contributed by atoms with Crippen molar-refractivity contribution in [2.24, 2.45) is 5.10 Å². The van der Waals surface area contributed by atoms with E-state index < -0.39 is 5.91 Å². The first-order chi connectivity index (χ1) is 14.8. The van der Waals surface area contributed by atoms with Crippen molar-refractivity contribution in [2.45, 2.75) is 20.8 Å². The van der Waals surface area contributed by atoms with Gasteiger partial charge in [0.25, 0.3) is 5.91 Å². The molecule has 0 unspecified atom stereocenters. The zero-order valence-electron chi connectivity index (χ0n) is 17.3. The number of ether oxygens (including phenoxy) is 1. The summed E-state index contributed by atoms with van der Waals surface area (Å²) in [6.07, 6.45) is 1.54. The highest BCUT2D eigenvalue weighted by Gasteiger charge is 2.14. The van der Waals surface area contributed by atoms with Crippen LogP contribution in [0.25, 0.3) is 5.69 Å². The molecule has 8 heteroatoms. The second kappa shape index (κ2) is 9.61. The molecule has 0 aliphatic heterocycles. The topological polar surface area (TPSA) is 92.9 Å². The average molecular weight is 484 g/mol. The maximum Gasteiger partial charge on any atom is 0.338 e. The predicted octanol–water partition coefficient (Wildman–Crippen LogP) is 4.50. The van der Waals surface area contributed by atoms with Crippen LogP contribution in [0.15, 0.2) is 58.1 Å². The number of nitrogens with one attached hydrogen (secondary N) is 1. The van der Waals surface area contributed by atoms with Gasteiger partial charge in [0.05, 0.1) is 23.9 Å². The summed E-state index contributed by atoms with van der Waals surface area (Å²) in [6, 6.07) is 13.7. The number of carbonyl (C=O) groups excluding carboxylic acids is 2. The molecule has 0 saturated carbocycles. The van der Waals surface area contributed by atoms with E-state index in [9.17, 15) is 14.7 Å². The van der Waals surface area contributed by atoms with E-state index in [1.165, 1.54) is 12.1 Å². The number of aryl methyl sites for hydroxylation is 1. The minimum absolute atomic E-state index is 0.118. The van der Waals surface area contributed by atoms with E-state index in [0.717, 1.165) is 22.6 Å². The molecule has 2 N–H and O–H groups in total.